The Labute approximate surface area is 143 Å². The summed E-state index contributed by atoms with van der Waals surface area (Å²) >= 11 is 0. The Hall–Kier alpha value is -3.22. The molecule has 1 aromatic carbocycles. The van der Waals surface area contributed by atoms with Crippen molar-refractivity contribution in [2.24, 2.45) is 0 Å². The number of benzene rings is 1. The predicted octanol–water partition coefficient (Wildman–Crippen LogP) is 1.54. The fourth-order valence-electron chi connectivity index (χ4n) is 3.23. The van der Waals surface area contributed by atoms with Crippen molar-refractivity contribution in [3.63, 3.8) is 0 Å². The second-order valence-corrected chi connectivity index (χ2v) is 5.96. The minimum Gasteiger partial charge on any atom is -0.337 e. The lowest BCUT2D eigenvalue weighted by Gasteiger charge is -2.15. The summed E-state index contributed by atoms with van der Waals surface area (Å²) in [4.78, 5) is 35.6. The van der Waals surface area contributed by atoms with Crippen molar-refractivity contribution in [1.82, 2.24) is 24.0 Å². The molecule has 0 spiro atoms. The largest absolute Gasteiger partial charge is 0.337 e. The van der Waals surface area contributed by atoms with Crippen LogP contribution in [0.5, 0.6) is 0 Å². The molecule has 0 radical (unpaired) electrons. The molecule has 25 heavy (non-hydrogen) atoms. The molecule has 3 aromatic rings. The third-order valence-corrected chi connectivity index (χ3v) is 4.47. The van der Waals surface area contributed by atoms with E-state index in [1.165, 1.54) is 10.9 Å². The molecule has 1 amide bonds. The van der Waals surface area contributed by atoms with Crippen LogP contribution in [0.4, 0.5) is 0 Å². The van der Waals surface area contributed by atoms with Crippen molar-refractivity contribution in [3.05, 3.63) is 66.0 Å². The smallest absolute Gasteiger partial charge is 0.282 e. The molecule has 1 atom stereocenters. The molecule has 4 rings (SSSR count). The lowest BCUT2D eigenvalue weighted by molar-refractivity contribution is -0.130. The molecular formula is C18H17N5O2. The lowest BCUT2D eigenvalue weighted by atomic mass is 10.2. The van der Waals surface area contributed by atoms with Crippen LogP contribution in [0.15, 0.2) is 60.4 Å². The zero-order valence-corrected chi connectivity index (χ0v) is 13.6. The van der Waals surface area contributed by atoms with E-state index in [4.69, 9.17) is 0 Å². The van der Waals surface area contributed by atoms with Gasteiger partial charge in [-0.25, -0.2) is 9.97 Å². The van der Waals surface area contributed by atoms with E-state index in [9.17, 15) is 9.59 Å². The number of para-hydroxylation sites is 1. The first-order chi connectivity index (χ1) is 12.2. The van der Waals surface area contributed by atoms with Crippen molar-refractivity contribution in [1.29, 1.82) is 0 Å². The van der Waals surface area contributed by atoms with Gasteiger partial charge >= 0.3 is 0 Å². The van der Waals surface area contributed by atoms with E-state index in [1.54, 1.807) is 21.9 Å². The Morgan fingerprint density at radius 2 is 1.96 bits per heavy atom. The van der Waals surface area contributed by atoms with Crippen molar-refractivity contribution < 1.29 is 4.79 Å². The van der Waals surface area contributed by atoms with Gasteiger partial charge in [-0.2, -0.15) is 0 Å². The van der Waals surface area contributed by atoms with Gasteiger partial charge in [0, 0.05) is 18.8 Å². The molecule has 7 heteroatoms. The number of hydrogen-bond donors (Lipinski definition) is 0. The summed E-state index contributed by atoms with van der Waals surface area (Å²) in [5.41, 5.74) is 1.34. The van der Waals surface area contributed by atoms with Crippen LogP contribution in [0.3, 0.4) is 0 Å². The SMILES string of the molecule is C=CCN1CCC(n2cnc3c(ncn3-c3ccccc3)c2=O)C1=O. The van der Waals surface area contributed by atoms with E-state index < -0.39 is 6.04 Å². The zero-order valence-electron chi connectivity index (χ0n) is 13.6. The maximum Gasteiger partial charge on any atom is 0.282 e. The number of aromatic nitrogens is 4. The summed E-state index contributed by atoms with van der Waals surface area (Å²) in [5.74, 6) is -0.0781. The number of amides is 1. The van der Waals surface area contributed by atoms with E-state index in [0.29, 0.717) is 25.2 Å². The van der Waals surface area contributed by atoms with Gasteiger partial charge in [0.15, 0.2) is 11.2 Å². The van der Waals surface area contributed by atoms with Gasteiger partial charge in [0.1, 0.15) is 18.7 Å². The first kappa shape index (κ1) is 15.3. The standard InChI is InChI=1S/C18H17N5O2/c1-2-9-21-10-8-14(17(21)24)23-12-20-16-15(18(23)25)19-11-22(16)13-6-4-3-5-7-13/h2-7,11-12,14H,1,8-10H2. The topological polar surface area (TPSA) is 73.0 Å². The van der Waals surface area contributed by atoms with Crippen molar-refractivity contribution >= 4 is 17.1 Å². The molecule has 0 saturated carbocycles. The minimum atomic E-state index is -0.522. The molecule has 2 aromatic heterocycles. The summed E-state index contributed by atoms with van der Waals surface area (Å²) in [6.45, 7) is 4.76. The molecule has 3 heterocycles. The fourth-order valence-corrected chi connectivity index (χ4v) is 3.23. The maximum atomic E-state index is 12.8. The van der Waals surface area contributed by atoms with Crippen LogP contribution in [0, 0.1) is 0 Å². The molecule has 0 N–H and O–H groups in total. The van der Waals surface area contributed by atoms with E-state index in [1.807, 2.05) is 30.3 Å². The summed E-state index contributed by atoms with van der Waals surface area (Å²) < 4.78 is 3.16. The van der Waals surface area contributed by atoms with Crippen LogP contribution < -0.4 is 5.56 Å². The Bertz CT molecular complexity index is 1010. The lowest BCUT2D eigenvalue weighted by Crippen LogP contribution is -2.33. The monoisotopic (exact) mass is 335 g/mol. The molecule has 1 aliphatic heterocycles. The first-order valence-electron chi connectivity index (χ1n) is 8.10. The van der Waals surface area contributed by atoms with Crippen molar-refractivity contribution in [2.45, 2.75) is 12.5 Å². The fraction of sp³-hybridized carbons (Fsp3) is 0.222. The Morgan fingerprint density at radius 1 is 1.16 bits per heavy atom. The highest BCUT2D eigenvalue weighted by molar-refractivity contribution is 5.83. The van der Waals surface area contributed by atoms with Crippen molar-refractivity contribution in [2.75, 3.05) is 13.1 Å². The van der Waals surface area contributed by atoms with Crippen LogP contribution in [0.2, 0.25) is 0 Å². The molecule has 1 aliphatic rings. The Balaban J connectivity index is 1.77. The summed E-state index contributed by atoms with van der Waals surface area (Å²) in [5, 5.41) is 0. The van der Waals surface area contributed by atoms with Crippen molar-refractivity contribution in [3.8, 4) is 5.69 Å². The molecule has 1 saturated heterocycles. The molecule has 1 fully saturated rings. The molecular weight excluding hydrogens is 318 g/mol. The van der Waals surface area contributed by atoms with Gasteiger partial charge in [0.05, 0.1) is 0 Å². The quantitative estimate of drug-likeness (QED) is 0.678. The maximum absolute atomic E-state index is 12.8. The van der Waals surface area contributed by atoms with Gasteiger partial charge in [-0.05, 0) is 18.6 Å². The average Bonchev–Trinajstić information content (AvgIpc) is 3.22. The molecule has 126 valence electrons. The highest BCUT2D eigenvalue weighted by Crippen LogP contribution is 2.22. The van der Waals surface area contributed by atoms with E-state index >= 15 is 0 Å². The highest BCUT2D eigenvalue weighted by atomic mass is 16.2. The van der Waals surface area contributed by atoms with E-state index in [-0.39, 0.29) is 17.0 Å². The van der Waals surface area contributed by atoms with Crippen LogP contribution in [-0.2, 0) is 4.79 Å². The number of likely N-dealkylation sites (tertiary alicyclic amines) is 1. The molecule has 0 bridgehead atoms. The zero-order chi connectivity index (χ0) is 17.4. The molecule has 0 aliphatic carbocycles. The second-order valence-electron chi connectivity index (χ2n) is 5.96. The summed E-state index contributed by atoms with van der Waals surface area (Å²) in [6.07, 6.45) is 5.30. The number of nitrogens with zero attached hydrogens (tertiary/aromatic N) is 5. The summed E-state index contributed by atoms with van der Waals surface area (Å²) in [6, 6.07) is 9.06. The second kappa shape index (κ2) is 6.01. The number of imidazole rings is 1. The number of rotatable bonds is 4. The molecule has 7 nitrogen and oxygen atoms in total. The number of carbonyl (C=O) groups excluding carboxylic acids is 1. The van der Waals surface area contributed by atoms with Gasteiger partial charge in [-0.15, -0.1) is 6.58 Å². The third-order valence-electron chi connectivity index (χ3n) is 4.47. The van der Waals surface area contributed by atoms with Gasteiger partial charge in [0.25, 0.3) is 5.56 Å². The number of fused-ring (bicyclic) bond motifs is 1. The van der Waals surface area contributed by atoms with Crippen LogP contribution in [0.1, 0.15) is 12.5 Å². The van der Waals surface area contributed by atoms with Crippen LogP contribution >= 0.6 is 0 Å². The van der Waals surface area contributed by atoms with E-state index in [0.717, 1.165) is 5.69 Å². The Kier molecular flexibility index (Phi) is 3.68. The Morgan fingerprint density at radius 3 is 2.72 bits per heavy atom. The van der Waals surface area contributed by atoms with Gasteiger partial charge in [-0.3, -0.25) is 18.7 Å². The van der Waals surface area contributed by atoms with Gasteiger partial charge in [-0.1, -0.05) is 24.3 Å². The highest BCUT2D eigenvalue weighted by Gasteiger charge is 2.33. The normalized spacial score (nSPS) is 17.4. The average molecular weight is 335 g/mol. The first-order valence-corrected chi connectivity index (χ1v) is 8.10. The number of carbonyl (C=O) groups is 1. The van der Waals surface area contributed by atoms with E-state index in [2.05, 4.69) is 16.5 Å². The molecule has 1 unspecified atom stereocenters. The van der Waals surface area contributed by atoms with Gasteiger partial charge in [0.2, 0.25) is 5.91 Å². The predicted molar refractivity (Wildman–Crippen MR) is 93.6 cm³/mol. The van der Waals surface area contributed by atoms with Crippen LogP contribution in [-0.4, -0.2) is 43.0 Å². The van der Waals surface area contributed by atoms with Crippen LogP contribution in [0.25, 0.3) is 16.9 Å². The van der Waals surface area contributed by atoms with Gasteiger partial charge < -0.3 is 4.90 Å². The third kappa shape index (κ3) is 2.44. The number of hydrogen-bond acceptors (Lipinski definition) is 4. The minimum absolute atomic E-state index is 0.0781. The summed E-state index contributed by atoms with van der Waals surface area (Å²) in [7, 11) is 0.